The molecule has 2 N–H and O–H groups in total. The maximum Gasteiger partial charge on any atom is 0.191 e. The number of benzene rings is 1. The number of nitrogens with zero attached hydrogens (tertiary/aromatic N) is 5. The summed E-state index contributed by atoms with van der Waals surface area (Å²) in [6.45, 7) is 4.06. The molecule has 0 aliphatic heterocycles. The Morgan fingerprint density at radius 3 is 2.65 bits per heavy atom. The van der Waals surface area contributed by atoms with E-state index >= 15 is 0 Å². The van der Waals surface area contributed by atoms with Crippen LogP contribution in [0.3, 0.4) is 0 Å². The van der Waals surface area contributed by atoms with E-state index in [4.69, 9.17) is 4.99 Å². The summed E-state index contributed by atoms with van der Waals surface area (Å²) in [7, 11) is 2.23. The minimum atomic E-state index is 0.558. The molecule has 2 aromatic heterocycles. The highest BCUT2D eigenvalue weighted by Gasteiger charge is 2.18. The van der Waals surface area contributed by atoms with E-state index < -0.39 is 0 Å². The lowest BCUT2D eigenvalue weighted by atomic mass is 9.94. The third-order valence-electron chi connectivity index (χ3n) is 6.03. The zero-order valence-electron chi connectivity index (χ0n) is 18.6. The number of rotatable bonds is 7. The minimum absolute atomic E-state index is 0.558. The van der Waals surface area contributed by atoms with Crippen LogP contribution in [0, 0.1) is 0 Å². The van der Waals surface area contributed by atoms with E-state index in [2.05, 4.69) is 64.0 Å². The van der Waals surface area contributed by atoms with Gasteiger partial charge in [0.25, 0.3) is 0 Å². The number of fused-ring (bicyclic) bond motifs is 1. The van der Waals surface area contributed by atoms with Crippen LogP contribution < -0.4 is 15.5 Å². The van der Waals surface area contributed by atoms with Gasteiger partial charge in [-0.3, -0.25) is 4.40 Å². The molecule has 1 saturated carbocycles. The van der Waals surface area contributed by atoms with Crippen LogP contribution in [-0.2, 0) is 13.1 Å². The maximum absolute atomic E-state index is 4.75. The molecule has 0 spiro atoms. The first kappa shape index (κ1) is 21.2. The van der Waals surface area contributed by atoms with E-state index in [0.29, 0.717) is 19.1 Å². The van der Waals surface area contributed by atoms with E-state index in [1.807, 2.05) is 28.8 Å². The lowest BCUT2D eigenvalue weighted by molar-refractivity contribution is 0.427. The normalized spacial score (nSPS) is 15.2. The van der Waals surface area contributed by atoms with Gasteiger partial charge in [-0.2, -0.15) is 0 Å². The summed E-state index contributed by atoms with van der Waals surface area (Å²) >= 11 is 0. The van der Waals surface area contributed by atoms with Crippen LogP contribution in [0.15, 0.2) is 53.7 Å². The van der Waals surface area contributed by atoms with Crippen molar-refractivity contribution in [3.8, 4) is 0 Å². The average Bonchev–Trinajstić information content (AvgIpc) is 3.24. The molecule has 0 bridgehead atoms. The monoisotopic (exact) mass is 419 g/mol. The number of guanidine groups is 1. The van der Waals surface area contributed by atoms with Crippen molar-refractivity contribution in [2.75, 3.05) is 18.5 Å². The fourth-order valence-electron chi connectivity index (χ4n) is 4.20. The zero-order valence-corrected chi connectivity index (χ0v) is 18.6. The summed E-state index contributed by atoms with van der Waals surface area (Å²) in [5.74, 6) is 1.63. The van der Waals surface area contributed by atoms with Gasteiger partial charge in [-0.25, -0.2) is 4.99 Å². The molecule has 0 amide bonds. The molecule has 0 unspecified atom stereocenters. The number of aromatic nitrogens is 3. The number of anilines is 1. The highest BCUT2D eigenvalue weighted by Crippen LogP contribution is 2.26. The van der Waals surface area contributed by atoms with Crippen LogP contribution in [0.2, 0.25) is 0 Å². The molecule has 7 nitrogen and oxygen atoms in total. The summed E-state index contributed by atoms with van der Waals surface area (Å²) in [6.07, 6.45) is 8.68. The molecule has 1 fully saturated rings. The van der Waals surface area contributed by atoms with Crippen molar-refractivity contribution >= 4 is 17.3 Å². The number of aliphatic imine (C=N–C) groups is 1. The Morgan fingerprint density at radius 2 is 1.87 bits per heavy atom. The molecule has 4 rings (SSSR count). The van der Waals surface area contributed by atoms with Gasteiger partial charge in [0.15, 0.2) is 17.4 Å². The van der Waals surface area contributed by atoms with Crippen LogP contribution in [0.5, 0.6) is 0 Å². The van der Waals surface area contributed by atoms with Gasteiger partial charge >= 0.3 is 0 Å². The van der Waals surface area contributed by atoms with Crippen molar-refractivity contribution in [1.29, 1.82) is 0 Å². The van der Waals surface area contributed by atoms with Crippen molar-refractivity contribution in [3.05, 3.63) is 60.0 Å². The lowest BCUT2D eigenvalue weighted by Gasteiger charge is -2.33. The molecular formula is C24H33N7. The van der Waals surface area contributed by atoms with Crippen molar-refractivity contribution < 1.29 is 0 Å². The van der Waals surface area contributed by atoms with Gasteiger partial charge in [0.2, 0.25) is 0 Å². The van der Waals surface area contributed by atoms with E-state index in [0.717, 1.165) is 24.0 Å². The van der Waals surface area contributed by atoms with Crippen LogP contribution in [0.4, 0.5) is 5.69 Å². The molecular weight excluding hydrogens is 386 g/mol. The Hall–Kier alpha value is -3.09. The van der Waals surface area contributed by atoms with Gasteiger partial charge < -0.3 is 15.5 Å². The average molecular weight is 420 g/mol. The summed E-state index contributed by atoms with van der Waals surface area (Å²) in [6, 6.07) is 15.4. The minimum Gasteiger partial charge on any atom is -0.372 e. The first-order valence-electron chi connectivity index (χ1n) is 11.4. The molecule has 0 atom stereocenters. The van der Waals surface area contributed by atoms with Gasteiger partial charge in [-0.1, -0.05) is 37.5 Å². The van der Waals surface area contributed by atoms with E-state index in [9.17, 15) is 0 Å². The molecule has 1 aliphatic rings. The first-order valence-corrected chi connectivity index (χ1v) is 11.4. The van der Waals surface area contributed by atoms with E-state index in [1.54, 1.807) is 0 Å². The van der Waals surface area contributed by atoms with E-state index in [-0.39, 0.29) is 0 Å². The number of pyridine rings is 1. The first-order chi connectivity index (χ1) is 15.2. The Bertz CT molecular complexity index is 987. The summed E-state index contributed by atoms with van der Waals surface area (Å²) in [5.41, 5.74) is 3.34. The second kappa shape index (κ2) is 10.3. The Labute approximate surface area is 184 Å². The predicted octanol–water partition coefficient (Wildman–Crippen LogP) is 3.75. The topological polar surface area (TPSA) is 69.8 Å². The standard InChI is InChI=1S/C24H33N7/c1-3-25-24(27-18-23-29-28-22-11-7-8-16-31(22)23)26-17-19-12-14-21(15-13-19)30(2)20-9-5-4-6-10-20/h7-8,11-16,20H,3-6,9-10,17-18H2,1-2H3,(H2,25,26,27). The fraction of sp³-hybridized carbons (Fsp3) is 0.458. The van der Waals surface area contributed by atoms with E-state index in [1.165, 1.54) is 43.4 Å². The van der Waals surface area contributed by atoms with Crippen molar-refractivity contribution in [2.45, 2.75) is 58.2 Å². The Balaban J connectivity index is 1.36. The smallest absolute Gasteiger partial charge is 0.191 e. The van der Waals surface area contributed by atoms with Gasteiger partial charge in [0, 0.05) is 31.5 Å². The van der Waals surface area contributed by atoms with Crippen LogP contribution in [-0.4, -0.2) is 40.2 Å². The lowest BCUT2D eigenvalue weighted by Crippen LogP contribution is -2.37. The van der Waals surface area contributed by atoms with Crippen LogP contribution in [0.25, 0.3) is 5.65 Å². The third kappa shape index (κ3) is 5.34. The molecule has 3 aromatic rings. The molecule has 31 heavy (non-hydrogen) atoms. The summed E-state index contributed by atoms with van der Waals surface area (Å²) < 4.78 is 1.98. The Kier molecular flexibility index (Phi) is 7.02. The Morgan fingerprint density at radius 1 is 1.06 bits per heavy atom. The van der Waals surface area contributed by atoms with Gasteiger partial charge in [0.1, 0.15) is 0 Å². The fourth-order valence-corrected chi connectivity index (χ4v) is 4.20. The molecule has 2 heterocycles. The summed E-state index contributed by atoms with van der Waals surface area (Å²) in [5, 5.41) is 15.1. The predicted molar refractivity (Wildman–Crippen MR) is 126 cm³/mol. The van der Waals surface area contributed by atoms with Crippen molar-refractivity contribution in [2.24, 2.45) is 4.99 Å². The quantitative estimate of drug-likeness (QED) is 0.451. The molecule has 1 aliphatic carbocycles. The van der Waals surface area contributed by atoms with Crippen molar-refractivity contribution in [1.82, 2.24) is 25.2 Å². The third-order valence-corrected chi connectivity index (χ3v) is 6.03. The van der Waals surface area contributed by atoms with Crippen molar-refractivity contribution in [3.63, 3.8) is 0 Å². The second-order valence-electron chi connectivity index (χ2n) is 8.16. The van der Waals surface area contributed by atoms with Crippen LogP contribution in [0.1, 0.15) is 50.4 Å². The molecule has 1 aromatic carbocycles. The van der Waals surface area contributed by atoms with Gasteiger partial charge in [-0.15, -0.1) is 10.2 Å². The molecule has 7 heteroatoms. The van der Waals surface area contributed by atoms with Gasteiger partial charge in [0.05, 0.1) is 13.1 Å². The highest BCUT2D eigenvalue weighted by molar-refractivity contribution is 5.79. The molecule has 164 valence electrons. The number of nitrogens with one attached hydrogen (secondary N) is 2. The van der Waals surface area contributed by atoms with Crippen LogP contribution >= 0.6 is 0 Å². The zero-order chi connectivity index (χ0) is 21.5. The largest absolute Gasteiger partial charge is 0.372 e. The maximum atomic E-state index is 4.75. The SMILES string of the molecule is CCNC(=NCc1ccc(N(C)C2CCCCC2)cc1)NCc1nnc2ccccn12. The highest BCUT2D eigenvalue weighted by atomic mass is 15.3. The summed E-state index contributed by atoms with van der Waals surface area (Å²) in [4.78, 5) is 7.20. The molecule has 0 saturated heterocycles. The molecule has 0 radical (unpaired) electrons. The second-order valence-corrected chi connectivity index (χ2v) is 8.16. The number of hydrogen-bond acceptors (Lipinski definition) is 4. The van der Waals surface area contributed by atoms with Gasteiger partial charge in [-0.05, 0) is 49.6 Å². The number of hydrogen-bond donors (Lipinski definition) is 2.